The van der Waals surface area contributed by atoms with Crippen LogP contribution in [-0.4, -0.2) is 39.8 Å². The molecule has 6 heteroatoms. The summed E-state index contributed by atoms with van der Waals surface area (Å²) in [6, 6.07) is 7.19. The summed E-state index contributed by atoms with van der Waals surface area (Å²) in [7, 11) is 0. The molecule has 0 aromatic heterocycles. The Hall–Kier alpha value is -1.82. The molecule has 1 fully saturated rings. The Kier molecular flexibility index (Phi) is 5.82. The van der Waals surface area contributed by atoms with E-state index in [1.807, 2.05) is 19.1 Å². The van der Waals surface area contributed by atoms with Gasteiger partial charge < -0.3 is 10.4 Å². The van der Waals surface area contributed by atoms with Gasteiger partial charge in [0.05, 0.1) is 0 Å². The van der Waals surface area contributed by atoms with Crippen molar-refractivity contribution in [3.63, 3.8) is 0 Å². The molecule has 5 nitrogen and oxygen atoms in total. The first-order chi connectivity index (χ1) is 10.9. The molecule has 1 aromatic rings. The summed E-state index contributed by atoms with van der Waals surface area (Å²) >= 11 is 1.69. The molecule has 1 aliphatic rings. The number of carbonyl (C=O) groups excluding carboxylic acids is 2. The minimum Gasteiger partial charge on any atom is -0.480 e. The number of hydrogen-bond acceptors (Lipinski definition) is 4. The van der Waals surface area contributed by atoms with E-state index in [0.29, 0.717) is 18.4 Å². The van der Waals surface area contributed by atoms with Gasteiger partial charge in [-0.2, -0.15) is 11.8 Å². The Balaban J connectivity index is 1.90. The fraction of sp³-hybridized carbons (Fsp3) is 0.471. The van der Waals surface area contributed by atoms with Crippen LogP contribution < -0.4 is 5.32 Å². The molecule has 0 aliphatic carbocycles. The van der Waals surface area contributed by atoms with Gasteiger partial charge in [-0.05, 0) is 31.3 Å². The first-order valence-corrected chi connectivity index (χ1v) is 8.80. The quantitative estimate of drug-likeness (QED) is 0.780. The highest BCUT2D eigenvalue weighted by Crippen LogP contribution is 2.27. The van der Waals surface area contributed by atoms with Crippen molar-refractivity contribution in [1.29, 1.82) is 0 Å². The summed E-state index contributed by atoms with van der Waals surface area (Å²) in [4.78, 5) is 35.7. The molecule has 23 heavy (non-hydrogen) atoms. The first kappa shape index (κ1) is 17.5. The van der Waals surface area contributed by atoms with Crippen LogP contribution in [0.5, 0.6) is 0 Å². The van der Waals surface area contributed by atoms with E-state index < -0.39 is 11.5 Å². The zero-order valence-corrected chi connectivity index (χ0v) is 13.9. The summed E-state index contributed by atoms with van der Waals surface area (Å²) in [5.74, 6) is -0.0384. The Morgan fingerprint density at radius 2 is 1.74 bits per heavy atom. The highest BCUT2D eigenvalue weighted by Gasteiger charge is 2.41. The van der Waals surface area contributed by atoms with Crippen LogP contribution in [0, 0.1) is 6.92 Å². The topological polar surface area (TPSA) is 83.5 Å². The molecular formula is C17H21NO4S. The number of Topliss-reactive ketones (excluding diaryl/α,β-unsaturated/α-hetero) is 1. The number of carbonyl (C=O) groups is 3. The summed E-state index contributed by atoms with van der Waals surface area (Å²) in [5.41, 5.74) is 0.471. The van der Waals surface area contributed by atoms with Crippen molar-refractivity contribution in [2.45, 2.75) is 38.1 Å². The van der Waals surface area contributed by atoms with Gasteiger partial charge in [-0.1, -0.05) is 29.8 Å². The molecule has 1 aliphatic heterocycles. The van der Waals surface area contributed by atoms with Crippen molar-refractivity contribution >= 4 is 29.4 Å². The molecule has 0 spiro atoms. The Labute approximate surface area is 139 Å². The number of carboxylic acids is 1. The second-order valence-electron chi connectivity index (χ2n) is 5.84. The fourth-order valence-corrected chi connectivity index (χ4v) is 3.74. The third-order valence-electron chi connectivity index (χ3n) is 4.09. The SMILES string of the molecule is Cc1ccc(C(=O)CCC(=O)NC2(C(=O)O)CCSCC2)cc1. The van der Waals surface area contributed by atoms with E-state index >= 15 is 0 Å². The normalized spacial score (nSPS) is 16.6. The van der Waals surface area contributed by atoms with E-state index in [0.717, 1.165) is 17.1 Å². The standard InChI is InChI=1S/C17H21NO4S/c1-12-2-4-13(5-3-12)14(19)6-7-15(20)18-17(16(21)22)8-10-23-11-9-17/h2-5H,6-11H2,1H3,(H,18,20)(H,21,22). The summed E-state index contributed by atoms with van der Waals surface area (Å²) < 4.78 is 0. The second-order valence-corrected chi connectivity index (χ2v) is 7.06. The molecule has 1 aromatic carbocycles. The summed E-state index contributed by atoms with van der Waals surface area (Å²) in [5, 5.41) is 12.1. The number of aryl methyl sites for hydroxylation is 1. The van der Waals surface area contributed by atoms with Gasteiger partial charge in [0.2, 0.25) is 5.91 Å². The lowest BCUT2D eigenvalue weighted by molar-refractivity contribution is -0.148. The highest BCUT2D eigenvalue weighted by atomic mass is 32.2. The van der Waals surface area contributed by atoms with Crippen molar-refractivity contribution in [3.8, 4) is 0 Å². The predicted octanol–water partition coefficient (Wildman–Crippen LogP) is 2.42. The predicted molar refractivity (Wildman–Crippen MR) is 89.8 cm³/mol. The molecule has 2 rings (SSSR count). The average Bonchev–Trinajstić information content (AvgIpc) is 2.54. The van der Waals surface area contributed by atoms with Crippen LogP contribution in [0.1, 0.15) is 41.6 Å². The molecule has 0 atom stereocenters. The number of amides is 1. The molecule has 2 N–H and O–H groups in total. The Morgan fingerprint density at radius 1 is 1.13 bits per heavy atom. The van der Waals surface area contributed by atoms with Crippen LogP contribution in [0.25, 0.3) is 0 Å². The van der Waals surface area contributed by atoms with Gasteiger partial charge in [-0.25, -0.2) is 4.79 Å². The van der Waals surface area contributed by atoms with Gasteiger partial charge in [-0.3, -0.25) is 9.59 Å². The number of thioether (sulfide) groups is 1. The molecule has 0 radical (unpaired) electrons. The lowest BCUT2D eigenvalue weighted by atomic mass is 9.92. The second kappa shape index (κ2) is 7.64. The lowest BCUT2D eigenvalue weighted by Gasteiger charge is -2.33. The largest absolute Gasteiger partial charge is 0.480 e. The minimum absolute atomic E-state index is 0.00881. The lowest BCUT2D eigenvalue weighted by Crippen LogP contribution is -2.56. The van der Waals surface area contributed by atoms with Crippen molar-refractivity contribution in [1.82, 2.24) is 5.32 Å². The number of aliphatic carboxylic acids is 1. The first-order valence-electron chi connectivity index (χ1n) is 7.65. The molecule has 124 valence electrons. The maximum Gasteiger partial charge on any atom is 0.329 e. The van der Waals surface area contributed by atoms with Gasteiger partial charge in [0.15, 0.2) is 5.78 Å². The van der Waals surface area contributed by atoms with Crippen LogP contribution in [0.2, 0.25) is 0 Å². The average molecular weight is 335 g/mol. The molecule has 1 saturated heterocycles. The number of rotatable bonds is 6. The maximum absolute atomic E-state index is 12.1. The third-order valence-corrected chi connectivity index (χ3v) is 5.07. The van der Waals surface area contributed by atoms with Crippen molar-refractivity contribution in [3.05, 3.63) is 35.4 Å². The maximum atomic E-state index is 12.1. The molecule has 0 bridgehead atoms. The number of ketones is 1. The number of nitrogens with one attached hydrogen (secondary N) is 1. The van der Waals surface area contributed by atoms with E-state index in [4.69, 9.17) is 0 Å². The highest BCUT2D eigenvalue weighted by molar-refractivity contribution is 7.99. The molecule has 1 heterocycles. The van der Waals surface area contributed by atoms with Gasteiger partial charge in [0.1, 0.15) is 5.54 Å². The van der Waals surface area contributed by atoms with E-state index in [1.54, 1.807) is 23.9 Å². The van der Waals surface area contributed by atoms with Crippen LogP contribution >= 0.6 is 11.8 Å². The van der Waals surface area contributed by atoms with Crippen LogP contribution in [0.4, 0.5) is 0 Å². The van der Waals surface area contributed by atoms with Gasteiger partial charge in [-0.15, -0.1) is 0 Å². The van der Waals surface area contributed by atoms with Crippen LogP contribution in [-0.2, 0) is 9.59 Å². The van der Waals surface area contributed by atoms with E-state index in [1.165, 1.54) is 0 Å². The fourth-order valence-electron chi connectivity index (χ4n) is 2.55. The van der Waals surface area contributed by atoms with Crippen LogP contribution in [0.15, 0.2) is 24.3 Å². The Bertz CT molecular complexity index is 591. The van der Waals surface area contributed by atoms with Gasteiger partial charge in [0, 0.05) is 18.4 Å². The van der Waals surface area contributed by atoms with Gasteiger partial charge >= 0.3 is 5.97 Å². The zero-order chi connectivity index (χ0) is 16.9. The molecule has 0 unspecified atom stereocenters. The third kappa shape index (κ3) is 4.58. The van der Waals surface area contributed by atoms with Crippen molar-refractivity contribution in [2.75, 3.05) is 11.5 Å². The van der Waals surface area contributed by atoms with Crippen LogP contribution in [0.3, 0.4) is 0 Å². The molecular weight excluding hydrogens is 314 g/mol. The summed E-state index contributed by atoms with van der Waals surface area (Å²) in [6.45, 7) is 1.94. The van der Waals surface area contributed by atoms with E-state index in [9.17, 15) is 19.5 Å². The zero-order valence-electron chi connectivity index (χ0n) is 13.1. The number of benzene rings is 1. The van der Waals surface area contributed by atoms with E-state index in [2.05, 4.69) is 5.32 Å². The smallest absolute Gasteiger partial charge is 0.329 e. The summed E-state index contributed by atoms with van der Waals surface area (Å²) in [6.07, 6.45) is 0.934. The molecule has 1 amide bonds. The Morgan fingerprint density at radius 3 is 2.30 bits per heavy atom. The minimum atomic E-state index is -1.17. The monoisotopic (exact) mass is 335 g/mol. The van der Waals surface area contributed by atoms with Crippen molar-refractivity contribution < 1.29 is 19.5 Å². The van der Waals surface area contributed by atoms with Gasteiger partial charge in [0.25, 0.3) is 0 Å². The van der Waals surface area contributed by atoms with Crippen molar-refractivity contribution in [2.24, 2.45) is 0 Å². The van der Waals surface area contributed by atoms with E-state index in [-0.39, 0.29) is 24.5 Å². The number of carboxylic acid groups (broad SMARTS) is 1. The molecule has 0 saturated carbocycles. The number of hydrogen-bond donors (Lipinski definition) is 2.